The number of halogens is 2. The molecule has 212 valence electrons. The lowest BCUT2D eigenvalue weighted by Gasteiger charge is -2.12. The zero-order chi connectivity index (χ0) is 30.1. The summed E-state index contributed by atoms with van der Waals surface area (Å²) in [6.45, 7) is 0. The van der Waals surface area contributed by atoms with Gasteiger partial charge in [-0.2, -0.15) is 0 Å². The number of hydrogen-bond acceptors (Lipinski definition) is 6. The van der Waals surface area contributed by atoms with Crippen molar-refractivity contribution >= 4 is 75.8 Å². The lowest BCUT2D eigenvalue weighted by atomic mass is 10.1. The molecule has 3 amide bonds. The van der Waals surface area contributed by atoms with Crippen molar-refractivity contribution in [2.45, 2.75) is 4.90 Å². The van der Waals surface area contributed by atoms with Crippen molar-refractivity contribution in [3.8, 4) is 0 Å². The molecule has 4 rings (SSSR count). The number of hydrogen-bond donors (Lipinski definition) is 3. The van der Waals surface area contributed by atoms with Crippen LogP contribution < -0.4 is 16.0 Å². The predicted molar refractivity (Wildman–Crippen MR) is 166 cm³/mol. The van der Waals surface area contributed by atoms with Crippen LogP contribution in [0.2, 0.25) is 10.0 Å². The predicted octanol–water partition coefficient (Wildman–Crippen LogP) is 7.04. The lowest BCUT2D eigenvalue weighted by Crippen LogP contribution is -2.30. The van der Waals surface area contributed by atoms with Crippen LogP contribution in [0, 0.1) is 10.1 Å². The quantitative estimate of drug-likeness (QED) is 0.0754. The summed E-state index contributed by atoms with van der Waals surface area (Å²) in [5.74, 6) is -1.45. The van der Waals surface area contributed by atoms with Gasteiger partial charge in [-0.25, -0.2) is 0 Å². The number of anilines is 2. The molecule has 9 nitrogen and oxygen atoms in total. The molecule has 0 aliphatic heterocycles. The van der Waals surface area contributed by atoms with Crippen LogP contribution in [0.25, 0.3) is 6.08 Å². The first-order chi connectivity index (χ1) is 20.2. The third kappa shape index (κ3) is 8.43. The number of nitrogens with one attached hydrogen (secondary N) is 3. The minimum Gasteiger partial charge on any atom is -0.325 e. The summed E-state index contributed by atoms with van der Waals surface area (Å²) in [6.07, 6.45) is 1.25. The molecule has 0 aromatic heterocycles. The van der Waals surface area contributed by atoms with Gasteiger partial charge in [-0.15, -0.1) is 11.8 Å². The summed E-state index contributed by atoms with van der Waals surface area (Å²) in [7, 11) is 0. The molecule has 4 aromatic rings. The Kier molecular flexibility index (Phi) is 10.3. The smallest absolute Gasteiger partial charge is 0.276 e. The minimum absolute atomic E-state index is 0.0770. The molecule has 0 bridgehead atoms. The van der Waals surface area contributed by atoms with Crippen molar-refractivity contribution < 1.29 is 19.3 Å². The van der Waals surface area contributed by atoms with Gasteiger partial charge in [-0.3, -0.25) is 24.5 Å². The largest absolute Gasteiger partial charge is 0.325 e. The van der Waals surface area contributed by atoms with Crippen LogP contribution in [-0.4, -0.2) is 28.4 Å². The molecular formula is C30H22Cl2N4O5S. The molecule has 42 heavy (non-hydrogen) atoms. The zero-order valence-electron chi connectivity index (χ0n) is 21.7. The van der Waals surface area contributed by atoms with Gasteiger partial charge < -0.3 is 16.0 Å². The third-order valence-electron chi connectivity index (χ3n) is 5.63. The van der Waals surface area contributed by atoms with E-state index in [0.29, 0.717) is 31.9 Å². The summed E-state index contributed by atoms with van der Waals surface area (Å²) in [5, 5.41) is 20.2. The Hall–Kier alpha value is -4.64. The highest BCUT2D eigenvalue weighted by Crippen LogP contribution is 2.26. The highest BCUT2D eigenvalue weighted by atomic mass is 35.5. The number of carbonyl (C=O) groups excluding carboxylic acids is 3. The van der Waals surface area contributed by atoms with Crippen LogP contribution >= 0.6 is 35.0 Å². The molecule has 0 spiro atoms. The van der Waals surface area contributed by atoms with E-state index in [1.807, 2.05) is 0 Å². The third-order valence-corrected chi connectivity index (χ3v) is 7.36. The summed E-state index contributed by atoms with van der Waals surface area (Å²) in [6, 6.07) is 25.7. The topological polar surface area (TPSA) is 130 Å². The Morgan fingerprint density at radius 3 is 2.26 bits per heavy atom. The Labute approximate surface area is 255 Å². The monoisotopic (exact) mass is 620 g/mol. The minimum atomic E-state index is -0.697. The molecule has 0 saturated heterocycles. The van der Waals surface area contributed by atoms with Gasteiger partial charge in [0.25, 0.3) is 17.5 Å². The van der Waals surface area contributed by atoms with Crippen molar-refractivity contribution in [1.82, 2.24) is 5.32 Å². The summed E-state index contributed by atoms with van der Waals surface area (Å²) in [5.41, 5.74) is 0.907. The van der Waals surface area contributed by atoms with E-state index in [9.17, 15) is 24.5 Å². The summed E-state index contributed by atoms with van der Waals surface area (Å²) >= 11 is 13.1. The fourth-order valence-electron chi connectivity index (χ4n) is 3.66. The maximum atomic E-state index is 13.3. The van der Waals surface area contributed by atoms with E-state index in [1.165, 1.54) is 36.0 Å². The molecule has 0 aliphatic carbocycles. The average molecular weight is 622 g/mol. The number of benzene rings is 4. The van der Waals surface area contributed by atoms with E-state index in [1.54, 1.807) is 78.9 Å². The molecule has 0 saturated carbocycles. The van der Waals surface area contributed by atoms with E-state index in [4.69, 9.17) is 23.2 Å². The molecule has 0 aliphatic rings. The second-order valence-corrected chi connectivity index (χ2v) is 10.5. The Morgan fingerprint density at radius 2 is 1.52 bits per heavy atom. The van der Waals surface area contributed by atoms with Crippen LogP contribution in [0.4, 0.5) is 17.1 Å². The van der Waals surface area contributed by atoms with Gasteiger partial charge in [0.2, 0.25) is 5.91 Å². The number of nitro groups is 1. The van der Waals surface area contributed by atoms with Crippen LogP contribution in [0.1, 0.15) is 15.9 Å². The van der Waals surface area contributed by atoms with Gasteiger partial charge in [0.05, 0.1) is 26.3 Å². The molecule has 0 atom stereocenters. The first-order valence-corrected chi connectivity index (χ1v) is 14.0. The van der Waals surface area contributed by atoms with Crippen molar-refractivity contribution in [3.05, 3.63) is 134 Å². The molecule has 0 unspecified atom stereocenters. The second-order valence-electron chi connectivity index (χ2n) is 8.64. The van der Waals surface area contributed by atoms with E-state index in [0.717, 1.165) is 0 Å². The number of rotatable bonds is 10. The number of para-hydroxylation sites is 1. The van der Waals surface area contributed by atoms with Crippen LogP contribution in [0.5, 0.6) is 0 Å². The molecule has 0 heterocycles. The van der Waals surface area contributed by atoms with Gasteiger partial charge in [0.15, 0.2) is 0 Å². The number of nitrogens with zero attached hydrogens (tertiary/aromatic N) is 1. The number of amides is 3. The molecule has 12 heteroatoms. The average Bonchev–Trinajstić information content (AvgIpc) is 2.98. The van der Waals surface area contributed by atoms with Gasteiger partial charge in [-0.1, -0.05) is 59.6 Å². The first-order valence-electron chi connectivity index (χ1n) is 12.3. The standard InChI is InChI=1S/C30H22Cl2N4O5S/c31-24-14-13-22(17-25(24)32)33-28(37)18-42-23-11-6-10-21(16-23)34-30(39)26(35-29(38)19-7-2-1-3-8-19)15-20-9-4-5-12-27(20)36(40)41/h1-17H,18H2,(H,33,37)(H,34,39)(H,35,38)/b26-15+. The van der Waals surface area contributed by atoms with Crippen molar-refractivity contribution in [1.29, 1.82) is 0 Å². The first kappa shape index (κ1) is 30.3. The fraction of sp³-hybridized carbons (Fsp3) is 0.0333. The molecule has 4 aromatic carbocycles. The maximum Gasteiger partial charge on any atom is 0.276 e. The van der Waals surface area contributed by atoms with Gasteiger partial charge in [0.1, 0.15) is 5.70 Å². The van der Waals surface area contributed by atoms with Crippen LogP contribution in [0.15, 0.2) is 108 Å². The van der Waals surface area contributed by atoms with Crippen molar-refractivity contribution in [2.24, 2.45) is 0 Å². The highest BCUT2D eigenvalue weighted by Gasteiger charge is 2.18. The van der Waals surface area contributed by atoms with E-state index in [-0.39, 0.29) is 28.6 Å². The second kappa shape index (κ2) is 14.3. The van der Waals surface area contributed by atoms with Crippen molar-refractivity contribution in [3.63, 3.8) is 0 Å². The number of thioether (sulfide) groups is 1. The highest BCUT2D eigenvalue weighted by molar-refractivity contribution is 8.00. The number of nitro benzene ring substituents is 1. The Balaban J connectivity index is 1.49. The SMILES string of the molecule is O=C(CSc1cccc(NC(=O)/C(=C\c2ccccc2[N+](=O)[O-])NC(=O)c2ccccc2)c1)Nc1ccc(Cl)c(Cl)c1. The van der Waals surface area contributed by atoms with Crippen molar-refractivity contribution in [2.75, 3.05) is 16.4 Å². The van der Waals surface area contributed by atoms with Crippen LogP contribution in [-0.2, 0) is 9.59 Å². The molecule has 3 N–H and O–H groups in total. The van der Waals surface area contributed by atoms with E-state index in [2.05, 4.69) is 16.0 Å². The Bertz CT molecular complexity index is 1680. The Morgan fingerprint density at radius 1 is 0.810 bits per heavy atom. The summed E-state index contributed by atoms with van der Waals surface area (Å²) in [4.78, 5) is 50.3. The van der Waals surface area contributed by atoms with Gasteiger partial charge in [-0.05, 0) is 60.7 Å². The normalized spacial score (nSPS) is 11.0. The molecular weight excluding hydrogens is 599 g/mol. The van der Waals surface area contributed by atoms with E-state index < -0.39 is 16.7 Å². The number of carbonyl (C=O) groups is 3. The molecule has 0 radical (unpaired) electrons. The lowest BCUT2D eigenvalue weighted by molar-refractivity contribution is -0.385. The fourth-order valence-corrected chi connectivity index (χ4v) is 4.71. The maximum absolute atomic E-state index is 13.3. The van der Waals surface area contributed by atoms with Gasteiger partial charge >= 0.3 is 0 Å². The van der Waals surface area contributed by atoms with E-state index >= 15 is 0 Å². The van der Waals surface area contributed by atoms with Crippen LogP contribution in [0.3, 0.4) is 0 Å². The zero-order valence-corrected chi connectivity index (χ0v) is 24.0. The summed E-state index contributed by atoms with van der Waals surface area (Å²) < 4.78 is 0. The molecule has 0 fully saturated rings. The van der Waals surface area contributed by atoms with Gasteiger partial charge in [0, 0.05) is 27.9 Å².